The highest BCUT2D eigenvalue weighted by molar-refractivity contribution is 5.85. The molecule has 1 saturated heterocycles. The van der Waals surface area contributed by atoms with Crippen molar-refractivity contribution in [1.29, 1.82) is 0 Å². The van der Waals surface area contributed by atoms with Crippen molar-refractivity contribution in [2.45, 2.75) is 51.5 Å². The molecule has 3 heteroatoms. The van der Waals surface area contributed by atoms with Crippen LogP contribution >= 0.6 is 12.4 Å². The molecular formula is C13H27ClN2. The molecule has 0 radical (unpaired) electrons. The van der Waals surface area contributed by atoms with Crippen molar-refractivity contribution in [2.24, 2.45) is 17.6 Å². The summed E-state index contributed by atoms with van der Waals surface area (Å²) >= 11 is 0. The van der Waals surface area contributed by atoms with Gasteiger partial charge in [-0.15, -0.1) is 12.4 Å². The highest BCUT2D eigenvalue weighted by Gasteiger charge is 2.28. The number of halogens is 1. The van der Waals surface area contributed by atoms with Gasteiger partial charge < -0.3 is 10.6 Å². The fourth-order valence-electron chi connectivity index (χ4n) is 3.35. The van der Waals surface area contributed by atoms with Gasteiger partial charge >= 0.3 is 0 Å². The Morgan fingerprint density at radius 3 is 2.44 bits per heavy atom. The number of rotatable bonds is 4. The fraction of sp³-hybridized carbons (Fsp3) is 1.00. The van der Waals surface area contributed by atoms with Gasteiger partial charge in [0.1, 0.15) is 0 Å². The van der Waals surface area contributed by atoms with E-state index in [-0.39, 0.29) is 12.4 Å². The summed E-state index contributed by atoms with van der Waals surface area (Å²) in [6.45, 7) is 5.82. The van der Waals surface area contributed by atoms with E-state index in [9.17, 15) is 0 Å². The Hall–Kier alpha value is 0.210. The maximum Gasteiger partial charge on any atom is 0.00706 e. The second-order valence-corrected chi connectivity index (χ2v) is 5.62. The van der Waals surface area contributed by atoms with E-state index in [1.54, 1.807) is 0 Å². The smallest absolute Gasteiger partial charge is 0.00706 e. The Labute approximate surface area is 106 Å². The van der Waals surface area contributed by atoms with Crippen LogP contribution < -0.4 is 5.73 Å². The zero-order valence-electron chi connectivity index (χ0n) is 10.5. The highest BCUT2D eigenvalue weighted by atomic mass is 35.5. The van der Waals surface area contributed by atoms with Crippen LogP contribution in [0.1, 0.15) is 45.4 Å². The van der Waals surface area contributed by atoms with Crippen molar-refractivity contribution in [2.75, 3.05) is 19.6 Å². The molecule has 0 aromatic heterocycles. The maximum atomic E-state index is 5.75. The number of likely N-dealkylation sites (tertiary alicyclic amines) is 1. The zero-order chi connectivity index (χ0) is 10.7. The van der Waals surface area contributed by atoms with Gasteiger partial charge in [0.15, 0.2) is 0 Å². The molecule has 0 bridgehead atoms. The predicted molar refractivity (Wildman–Crippen MR) is 72.0 cm³/mol. The van der Waals surface area contributed by atoms with Crippen molar-refractivity contribution < 1.29 is 0 Å². The third-order valence-electron chi connectivity index (χ3n) is 4.42. The Morgan fingerprint density at radius 1 is 1.19 bits per heavy atom. The molecule has 2 nitrogen and oxygen atoms in total. The topological polar surface area (TPSA) is 29.3 Å². The molecule has 2 N–H and O–H groups in total. The second-order valence-electron chi connectivity index (χ2n) is 5.62. The average molecular weight is 247 g/mol. The zero-order valence-corrected chi connectivity index (χ0v) is 11.3. The summed E-state index contributed by atoms with van der Waals surface area (Å²) in [4.78, 5) is 2.66. The minimum Gasteiger partial charge on any atom is -0.330 e. The van der Waals surface area contributed by atoms with Crippen LogP contribution in [0.2, 0.25) is 0 Å². The average Bonchev–Trinajstić information content (AvgIpc) is 2.84. The number of nitrogens with zero attached hydrogens (tertiary/aromatic N) is 1. The molecule has 1 aliphatic carbocycles. The first-order chi connectivity index (χ1) is 7.29. The van der Waals surface area contributed by atoms with Crippen LogP contribution in [0.15, 0.2) is 0 Å². The van der Waals surface area contributed by atoms with E-state index < -0.39 is 0 Å². The minimum atomic E-state index is 0. The molecule has 2 atom stereocenters. The summed E-state index contributed by atoms with van der Waals surface area (Å²) in [5.74, 6) is 1.80. The third-order valence-corrected chi connectivity index (χ3v) is 4.42. The van der Waals surface area contributed by atoms with Crippen molar-refractivity contribution >= 4 is 12.4 Å². The Morgan fingerprint density at radius 2 is 1.88 bits per heavy atom. The van der Waals surface area contributed by atoms with Crippen LogP contribution in [0.3, 0.4) is 0 Å². The van der Waals surface area contributed by atoms with Crippen molar-refractivity contribution in [3.05, 3.63) is 0 Å². The molecule has 2 fully saturated rings. The number of hydrogen-bond donors (Lipinski definition) is 1. The van der Waals surface area contributed by atoms with E-state index in [1.807, 2.05) is 0 Å². The van der Waals surface area contributed by atoms with Gasteiger partial charge in [-0.3, -0.25) is 0 Å². The third kappa shape index (κ3) is 3.61. The van der Waals surface area contributed by atoms with Crippen LogP contribution in [-0.4, -0.2) is 30.6 Å². The second kappa shape index (κ2) is 6.83. The molecule has 16 heavy (non-hydrogen) atoms. The van der Waals surface area contributed by atoms with Gasteiger partial charge in [0.25, 0.3) is 0 Å². The largest absolute Gasteiger partial charge is 0.330 e. The van der Waals surface area contributed by atoms with Gasteiger partial charge in [-0.2, -0.15) is 0 Å². The Bertz CT molecular complexity index is 192. The van der Waals surface area contributed by atoms with Crippen molar-refractivity contribution in [1.82, 2.24) is 4.90 Å². The van der Waals surface area contributed by atoms with Gasteiger partial charge in [-0.05, 0) is 44.7 Å². The standard InChI is InChI=1S/C13H26N2.ClH/c1-11-8-13(9-14)10-15(11)7-6-12-4-2-3-5-12;/h11-13H,2-10,14H2,1H3;1H. The summed E-state index contributed by atoms with van der Waals surface area (Å²) in [6, 6.07) is 0.778. The normalized spacial score (nSPS) is 31.9. The lowest BCUT2D eigenvalue weighted by atomic mass is 10.0. The molecule has 1 heterocycles. The SMILES string of the molecule is CC1CC(CN)CN1CCC1CCCC1.Cl. The molecule has 96 valence electrons. The monoisotopic (exact) mass is 246 g/mol. The molecule has 2 unspecified atom stereocenters. The lowest BCUT2D eigenvalue weighted by Gasteiger charge is -2.22. The summed E-state index contributed by atoms with van der Waals surface area (Å²) in [5.41, 5.74) is 5.75. The van der Waals surface area contributed by atoms with Crippen LogP contribution in [0, 0.1) is 11.8 Å². The van der Waals surface area contributed by atoms with Gasteiger partial charge in [0, 0.05) is 12.6 Å². The van der Waals surface area contributed by atoms with Gasteiger partial charge in [0.05, 0.1) is 0 Å². The van der Waals surface area contributed by atoms with E-state index in [0.29, 0.717) is 0 Å². The number of nitrogens with two attached hydrogens (primary N) is 1. The fourth-order valence-corrected chi connectivity index (χ4v) is 3.35. The predicted octanol–water partition coefficient (Wildman–Crippen LogP) is 2.66. The Balaban J connectivity index is 0.00000128. The Kier molecular flexibility index (Phi) is 6.09. The van der Waals surface area contributed by atoms with Gasteiger partial charge in [0.2, 0.25) is 0 Å². The molecule has 0 amide bonds. The first kappa shape index (κ1) is 14.3. The molecule has 1 saturated carbocycles. The van der Waals surface area contributed by atoms with E-state index >= 15 is 0 Å². The van der Waals surface area contributed by atoms with Crippen LogP contribution in [0.25, 0.3) is 0 Å². The van der Waals surface area contributed by atoms with Gasteiger partial charge in [-0.25, -0.2) is 0 Å². The van der Waals surface area contributed by atoms with E-state index in [4.69, 9.17) is 5.73 Å². The minimum absolute atomic E-state index is 0. The maximum absolute atomic E-state index is 5.75. The summed E-state index contributed by atoms with van der Waals surface area (Å²) in [5, 5.41) is 0. The molecule has 0 aromatic rings. The first-order valence-electron chi connectivity index (χ1n) is 6.73. The van der Waals surface area contributed by atoms with Crippen molar-refractivity contribution in [3.63, 3.8) is 0 Å². The van der Waals surface area contributed by atoms with Gasteiger partial charge in [-0.1, -0.05) is 25.7 Å². The van der Waals surface area contributed by atoms with Crippen LogP contribution in [0.4, 0.5) is 0 Å². The van der Waals surface area contributed by atoms with Crippen LogP contribution in [-0.2, 0) is 0 Å². The quantitative estimate of drug-likeness (QED) is 0.827. The summed E-state index contributed by atoms with van der Waals surface area (Å²) < 4.78 is 0. The first-order valence-corrected chi connectivity index (χ1v) is 6.73. The highest BCUT2D eigenvalue weighted by Crippen LogP contribution is 2.29. The number of hydrogen-bond acceptors (Lipinski definition) is 2. The van der Waals surface area contributed by atoms with Crippen LogP contribution in [0.5, 0.6) is 0 Å². The molecule has 0 aromatic carbocycles. The molecule has 1 aliphatic heterocycles. The van der Waals surface area contributed by atoms with E-state index in [2.05, 4.69) is 11.8 Å². The summed E-state index contributed by atoms with van der Waals surface area (Å²) in [6.07, 6.45) is 8.69. The molecule has 2 aliphatic rings. The molecule has 2 rings (SSSR count). The lowest BCUT2D eigenvalue weighted by molar-refractivity contribution is 0.243. The van der Waals surface area contributed by atoms with E-state index in [0.717, 1.165) is 24.4 Å². The summed E-state index contributed by atoms with van der Waals surface area (Å²) in [7, 11) is 0. The lowest BCUT2D eigenvalue weighted by Crippen LogP contribution is -2.29. The van der Waals surface area contributed by atoms with E-state index in [1.165, 1.54) is 51.6 Å². The van der Waals surface area contributed by atoms with Crippen molar-refractivity contribution in [3.8, 4) is 0 Å². The molecule has 0 spiro atoms. The molecular weight excluding hydrogens is 220 g/mol.